The van der Waals surface area contributed by atoms with Gasteiger partial charge in [0.25, 0.3) is 0 Å². The minimum Gasteiger partial charge on any atom is -0.462 e. The van der Waals surface area contributed by atoms with Crippen LogP contribution in [0.25, 0.3) is 0 Å². The van der Waals surface area contributed by atoms with Crippen molar-refractivity contribution in [1.29, 1.82) is 0 Å². The lowest BCUT2D eigenvalue weighted by molar-refractivity contribution is -0.211. The van der Waals surface area contributed by atoms with Crippen LogP contribution in [-0.4, -0.2) is 34.2 Å². The highest BCUT2D eigenvalue weighted by Gasteiger charge is 2.45. The van der Waals surface area contributed by atoms with Crippen LogP contribution in [0.15, 0.2) is 18.3 Å². The van der Waals surface area contributed by atoms with Gasteiger partial charge in [0.05, 0.1) is 11.5 Å². The third kappa shape index (κ3) is 4.14. The fourth-order valence-corrected chi connectivity index (χ4v) is 3.71. The molecule has 0 saturated carbocycles. The van der Waals surface area contributed by atoms with E-state index in [1.807, 2.05) is 46.0 Å². The molecule has 0 aromatic carbocycles. The first-order chi connectivity index (χ1) is 11.7. The lowest BCUT2D eigenvalue weighted by Gasteiger charge is -2.49. The van der Waals surface area contributed by atoms with Gasteiger partial charge in [-0.25, -0.2) is 4.98 Å². The molecule has 4 atom stereocenters. The van der Waals surface area contributed by atoms with Gasteiger partial charge in [-0.3, -0.25) is 4.79 Å². The van der Waals surface area contributed by atoms with E-state index in [4.69, 9.17) is 9.57 Å². The molecule has 2 aliphatic rings. The van der Waals surface area contributed by atoms with E-state index in [1.165, 1.54) is 6.42 Å². The standard InChI is InChI=1S/C20H30N2O3/c1-13-6-9-18(21-12-13)25-22-15-8-7-14(2)17(22)11-16(10-15)24-19(23)20(3,4)5/h6,9,12,14-17H,7-8,10-11H2,1-5H3/t14?,15-,16+,17?/m0/s1. The topological polar surface area (TPSA) is 51.7 Å². The Morgan fingerprint density at radius 3 is 2.64 bits per heavy atom. The number of carbonyl (C=O) groups is 1. The van der Waals surface area contributed by atoms with Gasteiger partial charge < -0.3 is 9.57 Å². The fraction of sp³-hybridized carbons (Fsp3) is 0.700. The Bertz CT molecular complexity index is 608. The second-order valence-corrected chi connectivity index (χ2v) is 8.65. The number of hydroxylamine groups is 2. The summed E-state index contributed by atoms with van der Waals surface area (Å²) in [5, 5.41) is 2.12. The molecule has 2 bridgehead atoms. The van der Waals surface area contributed by atoms with E-state index in [-0.39, 0.29) is 24.2 Å². The minimum absolute atomic E-state index is 0.0182. The van der Waals surface area contributed by atoms with E-state index < -0.39 is 5.41 Å². The molecule has 2 aliphatic heterocycles. The molecule has 2 unspecified atom stereocenters. The minimum atomic E-state index is -0.458. The van der Waals surface area contributed by atoms with E-state index >= 15 is 0 Å². The summed E-state index contributed by atoms with van der Waals surface area (Å²) in [5.41, 5.74) is 0.661. The highest BCUT2D eigenvalue weighted by Crippen LogP contribution is 2.39. The lowest BCUT2D eigenvalue weighted by Crippen LogP contribution is -2.58. The van der Waals surface area contributed by atoms with Crippen molar-refractivity contribution in [2.75, 3.05) is 0 Å². The zero-order valence-corrected chi connectivity index (χ0v) is 16.0. The van der Waals surface area contributed by atoms with Gasteiger partial charge in [-0.15, -0.1) is 5.06 Å². The van der Waals surface area contributed by atoms with Crippen LogP contribution in [0.2, 0.25) is 0 Å². The number of aryl methyl sites for hydroxylation is 1. The number of nitrogens with zero attached hydrogens (tertiary/aromatic N) is 2. The Hall–Kier alpha value is -1.62. The number of ether oxygens (including phenoxy) is 1. The Kier molecular flexibility index (Phi) is 5.05. The molecule has 5 heteroatoms. The Balaban J connectivity index is 1.70. The molecule has 0 radical (unpaired) electrons. The number of fused-ring (bicyclic) bond motifs is 2. The highest BCUT2D eigenvalue weighted by atomic mass is 16.7. The van der Waals surface area contributed by atoms with Crippen LogP contribution < -0.4 is 4.84 Å². The Morgan fingerprint density at radius 1 is 1.24 bits per heavy atom. The van der Waals surface area contributed by atoms with Crippen molar-refractivity contribution in [2.45, 2.75) is 78.5 Å². The van der Waals surface area contributed by atoms with Gasteiger partial charge in [0.2, 0.25) is 5.88 Å². The van der Waals surface area contributed by atoms with E-state index in [9.17, 15) is 4.79 Å². The largest absolute Gasteiger partial charge is 0.462 e. The first-order valence-corrected chi connectivity index (χ1v) is 9.34. The summed E-state index contributed by atoms with van der Waals surface area (Å²) in [7, 11) is 0. The van der Waals surface area contributed by atoms with E-state index in [2.05, 4.69) is 17.0 Å². The summed E-state index contributed by atoms with van der Waals surface area (Å²) in [6, 6.07) is 4.46. The van der Waals surface area contributed by atoms with Gasteiger partial charge in [-0.2, -0.15) is 0 Å². The molecule has 1 aromatic heterocycles. The van der Waals surface area contributed by atoms with Crippen LogP contribution in [0.1, 0.15) is 58.9 Å². The maximum atomic E-state index is 12.3. The van der Waals surface area contributed by atoms with Crippen LogP contribution in [0, 0.1) is 18.3 Å². The normalized spacial score (nSPS) is 30.0. The first kappa shape index (κ1) is 18.2. The molecule has 2 fully saturated rings. The number of hydrogen-bond acceptors (Lipinski definition) is 5. The van der Waals surface area contributed by atoms with Gasteiger partial charge in [0.15, 0.2) is 0 Å². The summed E-state index contributed by atoms with van der Waals surface area (Å²) in [6.45, 7) is 9.98. The SMILES string of the molecule is Cc1ccc(ON2C3C[C@H](OC(=O)C(C)(C)C)C[C@@H]2CCC3C)nc1. The molecule has 0 spiro atoms. The second kappa shape index (κ2) is 6.94. The van der Waals surface area contributed by atoms with Crippen molar-refractivity contribution in [3.05, 3.63) is 23.9 Å². The number of aromatic nitrogens is 1. The van der Waals surface area contributed by atoms with Crippen LogP contribution >= 0.6 is 0 Å². The number of hydrogen-bond donors (Lipinski definition) is 0. The van der Waals surface area contributed by atoms with Crippen molar-refractivity contribution < 1.29 is 14.4 Å². The molecule has 3 rings (SSSR count). The molecule has 1 aromatic rings. The van der Waals surface area contributed by atoms with Gasteiger partial charge >= 0.3 is 5.97 Å². The van der Waals surface area contributed by atoms with Crippen molar-refractivity contribution in [1.82, 2.24) is 10.0 Å². The van der Waals surface area contributed by atoms with Crippen molar-refractivity contribution in [3.63, 3.8) is 0 Å². The van der Waals surface area contributed by atoms with Gasteiger partial charge in [-0.1, -0.05) is 13.0 Å². The third-order valence-electron chi connectivity index (χ3n) is 5.31. The number of piperidine rings is 2. The molecule has 138 valence electrons. The van der Waals surface area contributed by atoms with Crippen LogP contribution in [-0.2, 0) is 9.53 Å². The van der Waals surface area contributed by atoms with E-state index in [0.717, 1.165) is 24.8 Å². The summed E-state index contributed by atoms with van der Waals surface area (Å²) in [5.74, 6) is 1.04. The van der Waals surface area contributed by atoms with E-state index in [1.54, 1.807) is 0 Å². The monoisotopic (exact) mass is 346 g/mol. The smallest absolute Gasteiger partial charge is 0.311 e. The average molecular weight is 346 g/mol. The number of carbonyl (C=O) groups excluding carboxylic acids is 1. The average Bonchev–Trinajstić information content (AvgIpc) is 2.53. The number of esters is 1. The van der Waals surface area contributed by atoms with Gasteiger partial charge in [0, 0.05) is 31.1 Å². The quantitative estimate of drug-likeness (QED) is 0.777. The zero-order valence-electron chi connectivity index (χ0n) is 16.0. The molecular weight excluding hydrogens is 316 g/mol. The third-order valence-corrected chi connectivity index (χ3v) is 5.31. The van der Waals surface area contributed by atoms with Gasteiger partial charge in [0.1, 0.15) is 6.10 Å². The van der Waals surface area contributed by atoms with Crippen molar-refractivity contribution in [3.8, 4) is 5.88 Å². The van der Waals surface area contributed by atoms with Crippen LogP contribution in [0.5, 0.6) is 5.88 Å². The number of rotatable bonds is 3. The molecule has 3 heterocycles. The van der Waals surface area contributed by atoms with Crippen molar-refractivity contribution >= 4 is 5.97 Å². The second-order valence-electron chi connectivity index (χ2n) is 8.65. The molecule has 2 saturated heterocycles. The zero-order chi connectivity index (χ0) is 18.2. The van der Waals surface area contributed by atoms with Crippen LogP contribution in [0.4, 0.5) is 0 Å². The molecule has 0 amide bonds. The maximum Gasteiger partial charge on any atom is 0.311 e. The molecule has 0 N–H and O–H groups in total. The molecular formula is C20H30N2O3. The summed E-state index contributed by atoms with van der Waals surface area (Å²) in [6.07, 6.45) is 5.72. The highest BCUT2D eigenvalue weighted by molar-refractivity contribution is 5.75. The molecule has 25 heavy (non-hydrogen) atoms. The van der Waals surface area contributed by atoms with Crippen LogP contribution in [0.3, 0.4) is 0 Å². The van der Waals surface area contributed by atoms with E-state index in [0.29, 0.717) is 11.8 Å². The summed E-state index contributed by atoms with van der Waals surface area (Å²) < 4.78 is 5.82. The Morgan fingerprint density at radius 2 is 2.00 bits per heavy atom. The fourth-order valence-electron chi connectivity index (χ4n) is 3.71. The van der Waals surface area contributed by atoms with Crippen molar-refractivity contribution in [2.24, 2.45) is 11.3 Å². The van der Waals surface area contributed by atoms with Gasteiger partial charge in [-0.05, 0) is 52.0 Å². The molecule has 0 aliphatic carbocycles. The predicted octanol–water partition coefficient (Wildman–Crippen LogP) is 3.90. The number of pyridine rings is 1. The lowest BCUT2D eigenvalue weighted by atomic mass is 9.78. The molecule has 5 nitrogen and oxygen atoms in total. The maximum absolute atomic E-state index is 12.3. The summed E-state index contributed by atoms with van der Waals surface area (Å²) >= 11 is 0. The summed E-state index contributed by atoms with van der Waals surface area (Å²) in [4.78, 5) is 22.8. The predicted molar refractivity (Wildman–Crippen MR) is 96.0 cm³/mol. The Labute approximate surface area is 150 Å². The first-order valence-electron chi connectivity index (χ1n) is 9.34.